The summed E-state index contributed by atoms with van der Waals surface area (Å²) in [6, 6.07) is 11.9. The highest BCUT2D eigenvalue weighted by atomic mass is 32.2. The van der Waals surface area contributed by atoms with Gasteiger partial charge in [0.2, 0.25) is 5.09 Å². The maximum atomic E-state index is 12.5. The molecule has 0 bridgehead atoms. The minimum absolute atomic E-state index is 0.0328. The molecule has 25 heavy (non-hydrogen) atoms. The number of carbonyl (C=O) groups excluding carboxylic acids is 1. The van der Waals surface area contributed by atoms with Crippen LogP contribution >= 0.6 is 0 Å². The van der Waals surface area contributed by atoms with Crippen LogP contribution in [-0.2, 0) is 14.8 Å². The van der Waals surface area contributed by atoms with Crippen LogP contribution in [0, 0.1) is 0 Å². The summed E-state index contributed by atoms with van der Waals surface area (Å²) < 4.78 is 36.8. The molecule has 1 aliphatic rings. The second-order valence-corrected chi connectivity index (χ2v) is 7.61. The Labute approximate surface area is 146 Å². The Morgan fingerprint density at radius 2 is 1.80 bits per heavy atom. The van der Waals surface area contributed by atoms with Gasteiger partial charge in [-0.05, 0) is 24.6 Å². The van der Waals surface area contributed by atoms with Gasteiger partial charge in [-0.15, -0.1) is 0 Å². The van der Waals surface area contributed by atoms with Crippen LogP contribution in [0.2, 0.25) is 0 Å². The number of amides is 1. The first kappa shape index (κ1) is 17.7. The van der Waals surface area contributed by atoms with Crippen molar-refractivity contribution in [1.82, 2.24) is 9.62 Å². The molecule has 0 aliphatic carbocycles. The van der Waals surface area contributed by atoms with E-state index in [-0.39, 0.29) is 30.0 Å². The molecule has 2 aromatic rings. The van der Waals surface area contributed by atoms with Crippen LogP contribution in [0.3, 0.4) is 0 Å². The molecule has 1 atom stereocenters. The van der Waals surface area contributed by atoms with Crippen molar-refractivity contribution in [1.29, 1.82) is 0 Å². The number of morpholine rings is 1. The molecule has 2 heterocycles. The molecule has 3 rings (SSSR count). The number of sulfonamides is 1. The first-order valence-electron chi connectivity index (χ1n) is 8.02. The molecular formula is C17H20N2O5S. The van der Waals surface area contributed by atoms with Crippen molar-refractivity contribution in [2.24, 2.45) is 0 Å². The number of nitrogens with one attached hydrogen (secondary N) is 1. The maximum absolute atomic E-state index is 12.5. The normalized spacial score (nSPS) is 17.2. The van der Waals surface area contributed by atoms with Crippen molar-refractivity contribution in [3.8, 4) is 0 Å². The van der Waals surface area contributed by atoms with Crippen LogP contribution < -0.4 is 5.32 Å². The van der Waals surface area contributed by atoms with Gasteiger partial charge in [0.05, 0.1) is 19.3 Å². The van der Waals surface area contributed by atoms with E-state index in [9.17, 15) is 13.2 Å². The zero-order valence-corrected chi connectivity index (χ0v) is 14.7. The lowest BCUT2D eigenvalue weighted by molar-refractivity contribution is 0.0722. The smallest absolute Gasteiger partial charge is 0.287 e. The lowest BCUT2D eigenvalue weighted by atomic mass is 10.1. The minimum Gasteiger partial charge on any atom is -0.438 e. The van der Waals surface area contributed by atoms with Gasteiger partial charge in [-0.2, -0.15) is 4.31 Å². The average molecular weight is 364 g/mol. The molecule has 0 unspecified atom stereocenters. The molecule has 1 saturated heterocycles. The Balaban J connectivity index is 1.71. The number of hydrogen-bond donors (Lipinski definition) is 1. The number of rotatable bonds is 5. The predicted molar refractivity (Wildman–Crippen MR) is 90.6 cm³/mol. The van der Waals surface area contributed by atoms with E-state index < -0.39 is 15.9 Å². The zero-order valence-electron chi connectivity index (χ0n) is 13.8. The summed E-state index contributed by atoms with van der Waals surface area (Å²) in [7, 11) is -3.75. The molecule has 0 spiro atoms. The minimum atomic E-state index is -3.75. The molecule has 0 radical (unpaired) electrons. The van der Waals surface area contributed by atoms with E-state index in [4.69, 9.17) is 9.15 Å². The summed E-state index contributed by atoms with van der Waals surface area (Å²) in [6.45, 7) is 3.09. The largest absolute Gasteiger partial charge is 0.438 e. The third-order valence-electron chi connectivity index (χ3n) is 4.02. The lowest BCUT2D eigenvalue weighted by Gasteiger charge is -2.24. The summed E-state index contributed by atoms with van der Waals surface area (Å²) in [4.78, 5) is 12.3. The standard InChI is InChI=1S/C17H20N2O5S/c1-13(14-5-3-2-4-6-14)18-17(20)15-7-8-16(24-15)25(21,22)19-9-11-23-12-10-19/h2-8,13H,9-12H2,1H3,(H,18,20)/t13-/m0/s1. The molecule has 8 heteroatoms. The second kappa shape index (κ2) is 7.38. The van der Waals surface area contributed by atoms with E-state index in [1.807, 2.05) is 37.3 Å². The summed E-state index contributed by atoms with van der Waals surface area (Å²) in [5, 5.41) is 2.57. The molecule has 1 fully saturated rings. The molecule has 1 N–H and O–H groups in total. The second-order valence-electron chi connectivity index (χ2n) is 5.74. The third-order valence-corrected chi connectivity index (χ3v) is 5.79. The molecule has 134 valence electrons. The number of hydrogen-bond acceptors (Lipinski definition) is 5. The van der Waals surface area contributed by atoms with Gasteiger partial charge in [0, 0.05) is 13.1 Å². The molecule has 0 saturated carbocycles. The summed E-state index contributed by atoms with van der Waals surface area (Å²) in [6.07, 6.45) is 0. The van der Waals surface area contributed by atoms with E-state index in [1.165, 1.54) is 16.4 Å². The van der Waals surface area contributed by atoms with Crippen molar-refractivity contribution in [3.05, 3.63) is 53.8 Å². The first-order chi connectivity index (χ1) is 12.0. The third kappa shape index (κ3) is 3.92. The van der Waals surface area contributed by atoms with Crippen molar-refractivity contribution < 1.29 is 22.4 Å². The van der Waals surface area contributed by atoms with Gasteiger partial charge in [-0.3, -0.25) is 4.79 Å². The summed E-state index contributed by atoms with van der Waals surface area (Å²) in [5.74, 6) is -0.491. The highest BCUT2D eigenvalue weighted by Gasteiger charge is 2.30. The van der Waals surface area contributed by atoms with E-state index in [0.29, 0.717) is 13.2 Å². The van der Waals surface area contributed by atoms with Crippen LogP contribution in [-0.4, -0.2) is 44.9 Å². The van der Waals surface area contributed by atoms with Gasteiger partial charge < -0.3 is 14.5 Å². The van der Waals surface area contributed by atoms with Crippen molar-refractivity contribution >= 4 is 15.9 Å². The monoisotopic (exact) mass is 364 g/mol. The van der Waals surface area contributed by atoms with E-state index in [1.54, 1.807) is 0 Å². The fraction of sp³-hybridized carbons (Fsp3) is 0.353. The number of benzene rings is 1. The van der Waals surface area contributed by atoms with Gasteiger partial charge >= 0.3 is 0 Å². The SMILES string of the molecule is C[C@H](NC(=O)c1ccc(S(=O)(=O)N2CCOCC2)o1)c1ccccc1. The van der Waals surface area contributed by atoms with Crippen LogP contribution in [0.15, 0.2) is 52.0 Å². The van der Waals surface area contributed by atoms with Crippen molar-refractivity contribution in [2.45, 2.75) is 18.1 Å². The zero-order chi connectivity index (χ0) is 17.9. The lowest BCUT2D eigenvalue weighted by Crippen LogP contribution is -2.40. The van der Waals surface area contributed by atoms with E-state index >= 15 is 0 Å². The van der Waals surface area contributed by atoms with Crippen LogP contribution in [0.5, 0.6) is 0 Å². The van der Waals surface area contributed by atoms with Gasteiger partial charge in [0.1, 0.15) is 0 Å². The molecule has 1 aliphatic heterocycles. The number of nitrogens with zero attached hydrogens (tertiary/aromatic N) is 1. The van der Waals surface area contributed by atoms with Gasteiger partial charge in [0.25, 0.3) is 15.9 Å². The predicted octanol–water partition coefficient (Wildman–Crippen LogP) is 1.79. The number of carbonyl (C=O) groups is 1. The Kier molecular flexibility index (Phi) is 5.22. The molecular weight excluding hydrogens is 344 g/mol. The summed E-state index contributed by atoms with van der Waals surface area (Å²) in [5.41, 5.74) is 0.948. The first-order valence-corrected chi connectivity index (χ1v) is 9.46. The van der Waals surface area contributed by atoms with Crippen molar-refractivity contribution in [2.75, 3.05) is 26.3 Å². The van der Waals surface area contributed by atoms with Crippen LogP contribution in [0.1, 0.15) is 29.1 Å². The van der Waals surface area contributed by atoms with Crippen molar-refractivity contribution in [3.63, 3.8) is 0 Å². The summed E-state index contributed by atoms with van der Waals surface area (Å²) >= 11 is 0. The molecule has 1 aromatic heterocycles. The van der Waals surface area contributed by atoms with E-state index in [0.717, 1.165) is 5.56 Å². The fourth-order valence-corrected chi connectivity index (χ4v) is 3.91. The van der Waals surface area contributed by atoms with Gasteiger partial charge in [-0.25, -0.2) is 8.42 Å². The Morgan fingerprint density at radius 1 is 1.12 bits per heavy atom. The maximum Gasteiger partial charge on any atom is 0.287 e. The highest BCUT2D eigenvalue weighted by molar-refractivity contribution is 7.89. The fourth-order valence-electron chi connectivity index (χ4n) is 2.59. The average Bonchev–Trinajstić information content (AvgIpc) is 3.14. The van der Waals surface area contributed by atoms with Gasteiger partial charge in [0.15, 0.2) is 5.76 Å². The van der Waals surface area contributed by atoms with Crippen LogP contribution in [0.25, 0.3) is 0 Å². The Morgan fingerprint density at radius 3 is 2.48 bits per heavy atom. The number of ether oxygens (including phenoxy) is 1. The Hall–Kier alpha value is -2.16. The van der Waals surface area contributed by atoms with Crippen LogP contribution in [0.4, 0.5) is 0 Å². The molecule has 1 aromatic carbocycles. The Bertz CT molecular complexity index is 826. The molecule has 1 amide bonds. The molecule has 7 nitrogen and oxygen atoms in total. The van der Waals surface area contributed by atoms with E-state index in [2.05, 4.69) is 5.32 Å². The van der Waals surface area contributed by atoms with Gasteiger partial charge in [-0.1, -0.05) is 30.3 Å². The highest BCUT2D eigenvalue weighted by Crippen LogP contribution is 2.20. The number of furan rings is 1. The quantitative estimate of drug-likeness (QED) is 0.874. The topological polar surface area (TPSA) is 88.9 Å².